The molecule has 0 spiro atoms. The zero-order valence-electron chi connectivity index (χ0n) is 10.5. The molecule has 1 unspecified atom stereocenters. The van der Waals surface area contributed by atoms with Gasteiger partial charge in [0.1, 0.15) is 11.6 Å². The molecule has 1 saturated heterocycles. The molecule has 0 radical (unpaired) electrons. The van der Waals surface area contributed by atoms with E-state index in [0.717, 1.165) is 6.07 Å². The van der Waals surface area contributed by atoms with Crippen molar-refractivity contribution in [2.24, 2.45) is 0 Å². The third kappa shape index (κ3) is 3.58. The summed E-state index contributed by atoms with van der Waals surface area (Å²) in [7, 11) is 0. The van der Waals surface area contributed by atoms with Crippen LogP contribution in [0.3, 0.4) is 0 Å². The van der Waals surface area contributed by atoms with E-state index in [0.29, 0.717) is 19.5 Å². The Balaban J connectivity index is 1.90. The first-order valence-corrected chi connectivity index (χ1v) is 6.33. The number of amides is 1. The first-order chi connectivity index (χ1) is 8.87. The highest BCUT2D eigenvalue weighted by atomic mass is 35.5. The number of hydrogen-bond acceptors (Lipinski definition) is 3. The predicted octanol–water partition coefficient (Wildman–Crippen LogP) is 1.84. The maximum Gasteiger partial charge on any atom is 0.260 e. The Morgan fingerprint density at radius 2 is 2.37 bits per heavy atom. The summed E-state index contributed by atoms with van der Waals surface area (Å²) in [5.41, 5.74) is -0.830. The van der Waals surface area contributed by atoms with Gasteiger partial charge in [-0.2, -0.15) is 0 Å². The molecule has 1 fully saturated rings. The van der Waals surface area contributed by atoms with Crippen LogP contribution in [0.15, 0.2) is 18.2 Å². The summed E-state index contributed by atoms with van der Waals surface area (Å²) in [4.78, 5) is 13.4. The number of halogens is 2. The second kappa shape index (κ2) is 5.35. The fourth-order valence-electron chi connectivity index (χ4n) is 1.98. The van der Waals surface area contributed by atoms with Crippen molar-refractivity contribution in [3.8, 4) is 5.75 Å². The number of benzene rings is 1. The molecule has 1 aromatic rings. The molecule has 2 rings (SSSR count). The van der Waals surface area contributed by atoms with Crippen LogP contribution in [0, 0.1) is 5.82 Å². The molecule has 0 saturated carbocycles. The third-order valence-corrected chi connectivity index (χ3v) is 3.34. The van der Waals surface area contributed by atoms with Crippen LogP contribution in [0.2, 0.25) is 5.02 Å². The zero-order chi connectivity index (χ0) is 14.0. The van der Waals surface area contributed by atoms with Crippen LogP contribution < -0.4 is 4.74 Å². The van der Waals surface area contributed by atoms with Crippen LogP contribution in [-0.2, 0) is 4.79 Å². The number of nitrogens with zero attached hydrogens (tertiary/aromatic N) is 1. The lowest BCUT2D eigenvalue weighted by molar-refractivity contribution is -0.133. The Kier molecular flexibility index (Phi) is 3.96. The van der Waals surface area contributed by atoms with E-state index in [2.05, 4.69) is 0 Å². The van der Waals surface area contributed by atoms with E-state index < -0.39 is 11.4 Å². The molecule has 1 aliphatic rings. The molecule has 0 aliphatic carbocycles. The molecule has 0 bridgehead atoms. The van der Waals surface area contributed by atoms with Crippen molar-refractivity contribution in [1.82, 2.24) is 4.90 Å². The van der Waals surface area contributed by atoms with Gasteiger partial charge in [-0.25, -0.2) is 4.39 Å². The highest BCUT2D eigenvalue weighted by Crippen LogP contribution is 2.25. The average molecular weight is 288 g/mol. The van der Waals surface area contributed by atoms with Gasteiger partial charge in [0.25, 0.3) is 5.91 Å². The second-order valence-electron chi connectivity index (χ2n) is 4.93. The summed E-state index contributed by atoms with van der Waals surface area (Å²) in [6.07, 6.45) is 0.552. The molecule has 1 aromatic carbocycles. The number of hydrogen-bond donors (Lipinski definition) is 1. The number of β-amino-alcohol motifs (C(OH)–C–C–N with tert-alkyl or cyclic N) is 1. The summed E-state index contributed by atoms with van der Waals surface area (Å²) in [5, 5.41) is 9.90. The van der Waals surface area contributed by atoms with Crippen LogP contribution in [-0.4, -0.2) is 41.2 Å². The lowest BCUT2D eigenvalue weighted by atomic mass is 10.1. The van der Waals surface area contributed by atoms with Crippen LogP contribution in [0.25, 0.3) is 0 Å². The number of likely N-dealkylation sites (tertiary alicyclic amines) is 1. The van der Waals surface area contributed by atoms with Crippen molar-refractivity contribution in [2.75, 3.05) is 19.7 Å². The van der Waals surface area contributed by atoms with Crippen LogP contribution in [0.5, 0.6) is 5.75 Å². The van der Waals surface area contributed by atoms with E-state index in [1.165, 1.54) is 17.0 Å². The Morgan fingerprint density at radius 1 is 1.63 bits per heavy atom. The van der Waals surface area contributed by atoms with Gasteiger partial charge in [0, 0.05) is 13.1 Å². The van der Waals surface area contributed by atoms with Gasteiger partial charge in [-0.05, 0) is 31.5 Å². The van der Waals surface area contributed by atoms with E-state index in [9.17, 15) is 14.3 Å². The molecule has 1 aliphatic heterocycles. The fourth-order valence-corrected chi connectivity index (χ4v) is 2.20. The monoisotopic (exact) mass is 287 g/mol. The molecule has 1 N–H and O–H groups in total. The average Bonchev–Trinajstić information content (AvgIpc) is 2.68. The molecule has 1 amide bonds. The van der Waals surface area contributed by atoms with E-state index in [1.807, 2.05) is 0 Å². The fraction of sp³-hybridized carbons (Fsp3) is 0.462. The van der Waals surface area contributed by atoms with Gasteiger partial charge in [-0.1, -0.05) is 11.6 Å². The number of aliphatic hydroxyl groups is 1. The third-order valence-electron chi connectivity index (χ3n) is 3.05. The van der Waals surface area contributed by atoms with Gasteiger partial charge >= 0.3 is 0 Å². The lowest BCUT2D eigenvalue weighted by Gasteiger charge is -2.19. The van der Waals surface area contributed by atoms with E-state index >= 15 is 0 Å². The van der Waals surface area contributed by atoms with Gasteiger partial charge in [0.15, 0.2) is 6.61 Å². The number of carbonyl (C=O) groups excluding carboxylic acids is 1. The topological polar surface area (TPSA) is 49.8 Å². The van der Waals surface area contributed by atoms with Crippen molar-refractivity contribution in [2.45, 2.75) is 18.9 Å². The molecular weight excluding hydrogens is 273 g/mol. The number of rotatable bonds is 3. The quantitative estimate of drug-likeness (QED) is 0.923. The number of carbonyl (C=O) groups is 1. The Morgan fingerprint density at radius 3 is 2.95 bits per heavy atom. The van der Waals surface area contributed by atoms with E-state index in [-0.39, 0.29) is 23.3 Å². The first kappa shape index (κ1) is 14.1. The molecular formula is C13H15ClFNO3. The van der Waals surface area contributed by atoms with Gasteiger partial charge in [0.2, 0.25) is 0 Å². The van der Waals surface area contributed by atoms with Gasteiger partial charge in [-0.15, -0.1) is 0 Å². The minimum Gasteiger partial charge on any atom is -0.482 e. The maximum absolute atomic E-state index is 12.8. The SMILES string of the molecule is CC1(O)CCN(C(=O)COc2ccc(F)cc2Cl)C1. The maximum atomic E-state index is 12.8. The lowest BCUT2D eigenvalue weighted by Crippen LogP contribution is -2.36. The largest absolute Gasteiger partial charge is 0.482 e. The van der Waals surface area contributed by atoms with Crippen LogP contribution >= 0.6 is 11.6 Å². The smallest absolute Gasteiger partial charge is 0.260 e. The standard InChI is InChI=1S/C13H15ClFNO3/c1-13(18)4-5-16(8-13)12(17)7-19-11-3-2-9(15)6-10(11)14/h2-3,6,18H,4-5,7-8H2,1H3. The van der Waals surface area contributed by atoms with Crippen molar-refractivity contribution < 1.29 is 19.0 Å². The molecule has 1 heterocycles. The molecule has 4 nitrogen and oxygen atoms in total. The zero-order valence-corrected chi connectivity index (χ0v) is 11.3. The molecule has 0 aromatic heterocycles. The minimum atomic E-state index is -0.830. The summed E-state index contributed by atoms with van der Waals surface area (Å²) in [6, 6.07) is 3.72. The van der Waals surface area contributed by atoms with Crippen molar-refractivity contribution >= 4 is 17.5 Å². The molecule has 6 heteroatoms. The summed E-state index contributed by atoms with van der Waals surface area (Å²) < 4.78 is 18.1. The summed E-state index contributed by atoms with van der Waals surface area (Å²) in [5.74, 6) is -0.417. The van der Waals surface area contributed by atoms with Gasteiger partial charge in [-0.3, -0.25) is 4.79 Å². The van der Waals surface area contributed by atoms with Crippen LogP contribution in [0.1, 0.15) is 13.3 Å². The highest BCUT2D eigenvalue weighted by Gasteiger charge is 2.33. The van der Waals surface area contributed by atoms with E-state index in [4.69, 9.17) is 16.3 Å². The number of ether oxygens (including phenoxy) is 1. The summed E-state index contributed by atoms with van der Waals surface area (Å²) >= 11 is 5.79. The second-order valence-corrected chi connectivity index (χ2v) is 5.33. The molecule has 1 atom stereocenters. The van der Waals surface area contributed by atoms with Crippen molar-refractivity contribution in [3.05, 3.63) is 29.0 Å². The van der Waals surface area contributed by atoms with Gasteiger partial charge < -0.3 is 14.7 Å². The predicted molar refractivity (Wildman–Crippen MR) is 68.7 cm³/mol. The highest BCUT2D eigenvalue weighted by molar-refractivity contribution is 6.32. The minimum absolute atomic E-state index is 0.126. The Hall–Kier alpha value is -1.33. The Bertz CT molecular complexity index is 493. The van der Waals surface area contributed by atoms with Gasteiger partial charge in [0.05, 0.1) is 10.6 Å². The first-order valence-electron chi connectivity index (χ1n) is 5.95. The Labute approximate surface area is 115 Å². The molecule has 104 valence electrons. The van der Waals surface area contributed by atoms with Crippen LogP contribution in [0.4, 0.5) is 4.39 Å². The van der Waals surface area contributed by atoms with Crippen molar-refractivity contribution in [1.29, 1.82) is 0 Å². The van der Waals surface area contributed by atoms with E-state index in [1.54, 1.807) is 6.92 Å². The molecule has 19 heavy (non-hydrogen) atoms. The van der Waals surface area contributed by atoms with Crippen molar-refractivity contribution in [3.63, 3.8) is 0 Å². The normalized spacial score (nSPS) is 22.6. The summed E-state index contributed by atoms with van der Waals surface area (Å²) in [6.45, 7) is 2.32.